The minimum Gasteiger partial charge on any atom is -0.356 e. The van der Waals surface area contributed by atoms with Crippen molar-refractivity contribution in [1.82, 2.24) is 16.0 Å². The Balaban J connectivity index is 0.00000288. The van der Waals surface area contributed by atoms with Gasteiger partial charge in [-0.05, 0) is 24.8 Å². The first-order valence-corrected chi connectivity index (χ1v) is 8.47. The maximum Gasteiger partial charge on any atom is 0.221 e. The van der Waals surface area contributed by atoms with Gasteiger partial charge in [0, 0.05) is 38.5 Å². The van der Waals surface area contributed by atoms with Gasteiger partial charge in [0.1, 0.15) is 0 Å². The highest BCUT2D eigenvalue weighted by Crippen LogP contribution is 2.47. The lowest BCUT2D eigenvalue weighted by atomic mass is 9.96. The molecule has 5 nitrogen and oxygen atoms in total. The van der Waals surface area contributed by atoms with Gasteiger partial charge in [-0.3, -0.25) is 9.79 Å². The zero-order valence-corrected chi connectivity index (χ0v) is 16.9. The van der Waals surface area contributed by atoms with Crippen molar-refractivity contribution in [3.8, 4) is 0 Å². The standard InChI is InChI=1S/C18H28N4O.HI/c1-3-12-20-16(23)9-13-21-17(19-2)22-14-18(10-11-18)15-7-5-4-6-8-15;/h4-8H,3,9-14H2,1-2H3,(H,20,23)(H2,19,21,22);1H. The number of nitrogens with zero attached hydrogens (tertiary/aromatic N) is 1. The lowest BCUT2D eigenvalue weighted by Crippen LogP contribution is -2.42. The summed E-state index contributed by atoms with van der Waals surface area (Å²) in [6.45, 7) is 4.25. The van der Waals surface area contributed by atoms with Crippen LogP contribution in [-0.4, -0.2) is 38.5 Å². The molecule has 2 rings (SSSR count). The fraction of sp³-hybridized carbons (Fsp3) is 0.556. The monoisotopic (exact) mass is 444 g/mol. The van der Waals surface area contributed by atoms with Crippen LogP contribution < -0.4 is 16.0 Å². The highest BCUT2D eigenvalue weighted by atomic mass is 127. The van der Waals surface area contributed by atoms with Gasteiger partial charge in [0.15, 0.2) is 5.96 Å². The van der Waals surface area contributed by atoms with Crippen LogP contribution in [-0.2, 0) is 10.2 Å². The normalized spacial score (nSPS) is 15.2. The van der Waals surface area contributed by atoms with Crippen LogP contribution in [0.2, 0.25) is 0 Å². The Labute approximate surface area is 162 Å². The molecule has 1 aromatic rings. The summed E-state index contributed by atoms with van der Waals surface area (Å²) in [5.41, 5.74) is 1.64. The second-order valence-corrected chi connectivity index (χ2v) is 6.10. The summed E-state index contributed by atoms with van der Waals surface area (Å²) in [6.07, 6.45) is 3.84. The van der Waals surface area contributed by atoms with E-state index >= 15 is 0 Å². The van der Waals surface area contributed by atoms with Gasteiger partial charge in [-0.2, -0.15) is 0 Å². The predicted molar refractivity (Wildman–Crippen MR) is 110 cm³/mol. The van der Waals surface area contributed by atoms with E-state index in [1.165, 1.54) is 18.4 Å². The Hall–Kier alpha value is -1.31. The molecule has 0 spiro atoms. The molecule has 1 aliphatic rings. The SMILES string of the molecule is CCCNC(=O)CCNC(=NC)NCC1(c2ccccc2)CC1.I. The number of aliphatic imine (C=N–C) groups is 1. The summed E-state index contributed by atoms with van der Waals surface area (Å²) in [7, 11) is 1.76. The summed E-state index contributed by atoms with van der Waals surface area (Å²) in [5.74, 6) is 0.841. The molecule has 1 fully saturated rings. The van der Waals surface area contributed by atoms with E-state index in [1.807, 2.05) is 6.92 Å². The third-order valence-electron chi connectivity index (χ3n) is 4.27. The number of amides is 1. The van der Waals surface area contributed by atoms with Gasteiger partial charge in [0.25, 0.3) is 0 Å². The maximum absolute atomic E-state index is 11.6. The maximum atomic E-state index is 11.6. The topological polar surface area (TPSA) is 65.5 Å². The Morgan fingerprint density at radius 1 is 1.12 bits per heavy atom. The van der Waals surface area contributed by atoms with E-state index < -0.39 is 0 Å². The third kappa shape index (κ3) is 6.30. The Kier molecular flexibility index (Phi) is 9.10. The van der Waals surface area contributed by atoms with E-state index in [-0.39, 0.29) is 35.3 Å². The number of carbonyl (C=O) groups excluding carboxylic acids is 1. The summed E-state index contributed by atoms with van der Waals surface area (Å²) in [4.78, 5) is 15.8. The molecule has 0 aromatic heterocycles. The van der Waals surface area contributed by atoms with Crippen LogP contribution in [0, 0.1) is 0 Å². The van der Waals surface area contributed by atoms with E-state index in [0.717, 1.165) is 25.5 Å². The largest absolute Gasteiger partial charge is 0.356 e. The number of guanidine groups is 1. The van der Waals surface area contributed by atoms with Crippen LogP contribution in [0.25, 0.3) is 0 Å². The second kappa shape index (κ2) is 10.5. The smallest absolute Gasteiger partial charge is 0.221 e. The van der Waals surface area contributed by atoms with E-state index in [1.54, 1.807) is 7.05 Å². The van der Waals surface area contributed by atoms with Crippen molar-refractivity contribution in [2.24, 2.45) is 4.99 Å². The molecule has 1 aromatic carbocycles. The average Bonchev–Trinajstić information content (AvgIpc) is 3.38. The van der Waals surface area contributed by atoms with E-state index in [9.17, 15) is 4.79 Å². The number of benzene rings is 1. The molecule has 0 heterocycles. The minimum absolute atomic E-state index is 0. The van der Waals surface area contributed by atoms with Gasteiger partial charge >= 0.3 is 0 Å². The molecule has 1 aliphatic carbocycles. The van der Waals surface area contributed by atoms with Crippen LogP contribution in [0.15, 0.2) is 35.3 Å². The average molecular weight is 444 g/mol. The number of carbonyl (C=O) groups is 1. The number of halogens is 1. The zero-order chi connectivity index (χ0) is 16.5. The van der Waals surface area contributed by atoms with Gasteiger partial charge in [0.2, 0.25) is 5.91 Å². The highest BCUT2D eigenvalue weighted by molar-refractivity contribution is 14.0. The number of hydrogen-bond donors (Lipinski definition) is 3. The van der Waals surface area contributed by atoms with Crippen molar-refractivity contribution in [3.63, 3.8) is 0 Å². The highest BCUT2D eigenvalue weighted by Gasteiger charge is 2.43. The number of hydrogen-bond acceptors (Lipinski definition) is 2. The van der Waals surface area contributed by atoms with Crippen molar-refractivity contribution < 1.29 is 4.79 Å². The quantitative estimate of drug-likeness (QED) is 0.328. The summed E-state index contributed by atoms with van der Waals surface area (Å²) < 4.78 is 0. The predicted octanol–water partition coefficient (Wildman–Crippen LogP) is 2.42. The molecule has 1 saturated carbocycles. The molecule has 6 heteroatoms. The number of nitrogens with one attached hydrogen (secondary N) is 3. The van der Waals surface area contributed by atoms with Gasteiger partial charge in [-0.15, -0.1) is 24.0 Å². The lowest BCUT2D eigenvalue weighted by molar-refractivity contribution is -0.120. The van der Waals surface area contributed by atoms with Crippen molar-refractivity contribution in [2.75, 3.05) is 26.7 Å². The van der Waals surface area contributed by atoms with Crippen LogP contribution in [0.3, 0.4) is 0 Å². The molecule has 0 unspecified atom stereocenters. The molecule has 0 radical (unpaired) electrons. The molecule has 0 bridgehead atoms. The van der Waals surface area contributed by atoms with Crippen molar-refractivity contribution >= 4 is 35.8 Å². The molecule has 0 atom stereocenters. The Morgan fingerprint density at radius 2 is 1.83 bits per heavy atom. The van der Waals surface area contributed by atoms with Gasteiger partial charge < -0.3 is 16.0 Å². The summed E-state index contributed by atoms with van der Waals surface area (Å²) in [5, 5.41) is 9.47. The zero-order valence-electron chi connectivity index (χ0n) is 14.6. The summed E-state index contributed by atoms with van der Waals surface area (Å²) >= 11 is 0. The first-order chi connectivity index (χ1) is 11.2. The van der Waals surface area contributed by atoms with Crippen LogP contribution in [0.1, 0.15) is 38.2 Å². The van der Waals surface area contributed by atoms with E-state index in [4.69, 9.17) is 0 Å². The summed E-state index contributed by atoms with van der Waals surface area (Å²) in [6, 6.07) is 10.6. The third-order valence-corrected chi connectivity index (χ3v) is 4.27. The molecule has 24 heavy (non-hydrogen) atoms. The van der Waals surface area contributed by atoms with Crippen LogP contribution in [0.4, 0.5) is 0 Å². The second-order valence-electron chi connectivity index (χ2n) is 6.10. The van der Waals surface area contributed by atoms with Crippen molar-refractivity contribution in [2.45, 2.75) is 38.0 Å². The first kappa shape index (κ1) is 20.7. The lowest BCUT2D eigenvalue weighted by Gasteiger charge is -2.19. The van der Waals surface area contributed by atoms with Crippen molar-refractivity contribution in [3.05, 3.63) is 35.9 Å². The molecule has 0 aliphatic heterocycles. The Bertz CT molecular complexity index is 529. The molecule has 3 N–H and O–H groups in total. The van der Waals surface area contributed by atoms with Gasteiger partial charge in [-0.25, -0.2) is 0 Å². The van der Waals surface area contributed by atoms with E-state index in [0.29, 0.717) is 13.0 Å². The van der Waals surface area contributed by atoms with Crippen molar-refractivity contribution in [1.29, 1.82) is 0 Å². The fourth-order valence-corrected chi connectivity index (χ4v) is 2.63. The fourth-order valence-electron chi connectivity index (χ4n) is 2.63. The van der Waals surface area contributed by atoms with Gasteiger partial charge in [-0.1, -0.05) is 37.3 Å². The molecule has 1 amide bonds. The van der Waals surface area contributed by atoms with Crippen LogP contribution in [0.5, 0.6) is 0 Å². The molecule has 0 saturated heterocycles. The first-order valence-electron chi connectivity index (χ1n) is 8.47. The van der Waals surface area contributed by atoms with E-state index in [2.05, 4.69) is 51.3 Å². The molecule has 134 valence electrons. The molecular formula is C18H29IN4O. The minimum atomic E-state index is 0. The van der Waals surface area contributed by atoms with Crippen LogP contribution >= 0.6 is 24.0 Å². The Morgan fingerprint density at radius 3 is 2.42 bits per heavy atom. The molecular weight excluding hydrogens is 415 g/mol. The van der Waals surface area contributed by atoms with Gasteiger partial charge in [0.05, 0.1) is 0 Å². The number of rotatable bonds is 8.